The van der Waals surface area contributed by atoms with Crippen molar-refractivity contribution in [3.05, 3.63) is 30.1 Å². The molecule has 192 valence electrons. The van der Waals surface area contributed by atoms with E-state index in [4.69, 9.17) is 24.5 Å². The number of hydrogen-bond donors (Lipinski definition) is 2. The quantitative estimate of drug-likeness (QED) is 0.568. The lowest BCUT2D eigenvalue weighted by atomic mass is 9.92. The molecule has 7 nitrogen and oxygen atoms in total. The van der Waals surface area contributed by atoms with Crippen LogP contribution in [0, 0.1) is 5.92 Å². The van der Waals surface area contributed by atoms with E-state index in [1.165, 1.54) is 43.7 Å². The fourth-order valence-corrected chi connectivity index (χ4v) is 4.92. The van der Waals surface area contributed by atoms with Crippen molar-refractivity contribution in [3.8, 4) is 0 Å². The van der Waals surface area contributed by atoms with Gasteiger partial charge in [0.25, 0.3) is 0 Å². The van der Waals surface area contributed by atoms with Crippen molar-refractivity contribution in [2.24, 2.45) is 5.92 Å². The Balaban J connectivity index is 0.000000244. The van der Waals surface area contributed by atoms with Crippen molar-refractivity contribution in [2.75, 3.05) is 25.4 Å². The molecule has 0 radical (unpaired) electrons. The van der Waals surface area contributed by atoms with E-state index in [0.717, 1.165) is 19.1 Å². The third kappa shape index (κ3) is 9.66. The molecule has 3 aliphatic rings. The van der Waals surface area contributed by atoms with E-state index in [1.807, 2.05) is 12.4 Å². The summed E-state index contributed by atoms with van der Waals surface area (Å²) in [6.45, 7) is 4.53. The number of nitrogens with zero attached hydrogens (tertiary/aromatic N) is 2. The average Bonchev–Trinajstić information content (AvgIpc) is 3.44. The van der Waals surface area contributed by atoms with Gasteiger partial charge in [0.1, 0.15) is 0 Å². The number of halogens is 6. The number of carbonyl (C=O) groups is 2. The number of thioether (sulfide) groups is 1. The van der Waals surface area contributed by atoms with E-state index in [9.17, 15) is 26.3 Å². The number of ether oxygens (including phenoxy) is 1. The summed E-state index contributed by atoms with van der Waals surface area (Å²) in [6.07, 6.45) is -1.83. The first-order valence-electron chi connectivity index (χ1n) is 10.2. The van der Waals surface area contributed by atoms with Gasteiger partial charge in [0.05, 0.1) is 6.10 Å². The molecule has 1 aromatic rings. The van der Waals surface area contributed by atoms with Gasteiger partial charge in [-0.2, -0.15) is 26.3 Å². The number of pyridine rings is 1. The minimum Gasteiger partial charge on any atom is -0.475 e. The Morgan fingerprint density at radius 3 is 2.00 bits per heavy atom. The molecular weight excluding hydrogens is 494 g/mol. The third-order valence-electron chi connectivity index (χ3n) is 5.10. The fraction of sp³-hybridized carbons (Fsp3) is 0.650. The normalized spacial score (nSPS) is 21.5. The van der Waals surface area contributed by atoms with Crippen molar-refractivity contribution in [1.82, 2.24) is 9.88 Å². The number of aromatic nitrogens is 1. The molecule has 14 heteroatoms. The Kier molecular flexibility index (Phi) is 9.60. The number of aliphatic carboxylic acids is 2. The summed E-state index contributed by atoms with van der Waals surface area (Å²) in [6, 6.07) is 4.24. The summed E-state index contributed by atoms with van der Waals surface area (Å²) >= 11 is 2.15. The lowest BCUT2D eigenvalue weighted by Crippen LogP contribution is -2.58. The molecule has 1 aromatic heterocycles. The number of hydrogen-bond acceptors (Lipinski definition) is 6. The van der Waals surface area contributed by atoms with Gasteiger partial charge < -0.3 is 14.9 Å². The molecule has 3 fully saturated rings. The molecule has 0 amide bonds. The van der Waals surface area contributed by atoms with Gasteiger partial charge in [0.2, 0.25) is 0 Å². The summed E-state index contributed by atoms with van der Waals surface area (Å²) < 4.78 is 70.0. The zero-order chi connectivity index (χ0) is 25.6. The van der Waals surface area contributed by atoms with Gasteiger partial charge in [-0.1, -0.05) is 0 Å². The average molecular weight is 518 g/mol. The first-order valence-corrected chi connectivity index (χ1v) is 11.2. The van der Waals surface area contributed by atoms with Crippen molar-refractivity contribution >= 4 is 23.7 Å². The van der Waals surface area contributed by atoms with Crippen LogP contribution in [0.25, 0.3) is 0 Å². The first kappa shape index (κ1) is 28.2. The molecule has 3 heterocycles. The third-order valence-corrected chi connectivity index (χ3v) is 6.68. The van der Waals surface area contributed by atoms with Crippen molar-refractivity contribution in [2.45, 2.75) is 49.0 Å². The fourth-order valence-electron chi connectivity index (χ4n) is 3.31. The highest BCUT2D eigenvalue weighted by molar-refractivity contribution is 8.01. The molecule has 1 spiro atoms. The summed E-state index contributed by atoms with van der Waals surface area (Å²) in [7, 11) is 0. The number of carboxylic acid groups (broad SMARTS) is 2. The molecule has 0 aromatic carbocycles. The molecule has 1 unspecified atom stereocenters. The second kappa shape index (κ2) is 11.6. The van der Waals surface area contributed by atoms with Crippen LogP contribution in [0.5, 0.6) is 0 Å². The highest BCUT2D eigenvalue weighted by Crippen LogP contribution is 2.46. The Morgan fingerprint density at radius 1 is 1.06 bits per heavy atom. The Morgan fingerprint density at radius 2 is 1.56 bits per heavy atom. The SMILES string of the molecule is O=C(O)C(F)(F)F.O=C(O)C(F)(F)F.c1cc(CN2CC3(CC(OCC4CC4)CS3)C2)ccn1. The summed E-state index contributed by atoms with van der Waals surface area (Å²) in [5.41, 5.74) is 1.37. The predicted molar refractivity (Wildman–Crippen MR) is 109 cm³/mol. The molecule has 2 saturated heterocycles. The second-order valence-electron chi connectivity index (χ2n) is 8.20. The van der Waals surface area contributed by atoms with Crippen LogP contribution in [0.3, 0.4) is 0 Å². The largest absolute Gasteiger partial charge is 0.490 e. The van der Waals surface area contributed by atoms with Gasteiger partial charge in [-0.15, -0.1) is 11.8 Å². The van der Waals surface area contributed by atoms with Gasteiger partial charge in [-0.25, -0.2) is 9.59 Å². The smallest absolute Gasteiger partial charge is 0.475 e. The lowest BCUT2D eigenvalue weighted by molar-refractivity contribution is -0.193. The minimum atomic E-state index is -5.08. The maximum Gasteiger partial charge on any atom is 0.490 e. The van der Waals surface area contributed by atoms with Gasteiger partial charge in [0, 0.05) is 49.1 Å². The Labute approximate surface area is 195 Å². The van der Waals surface area contributed by atoms with E-state index in [2.05, 4.69) is 33.8 Å². The lowest BCUT2D eigenvalue weighted by Gasteiger charge is -2.47. The Hall–Kier alpha value is -2.06. The van der Waals surface area contributed by atoms with Crippen molar-refractivity contribution in [3.63, 3.8) is 0 Å². The molecule has 4 rings (SSSR count). The monoisotopic (exact) mass is 518 g/mol. The maximum absolute atomic E-state index is 10.6. The van der Waals surface area contributed by atoms with E-state index in [0.29, 0.717) is 10.9 Å². The molecule has 1 atom stereocenters. The molecular formula is C20H24F6N2O5S. The van der Waals surface area contributed by atoms with Crippen LogP contribution in [-0.4, -0.2) is 80.7 Å². The van der Waals surface area contributed by atoms with Gasteiger partial charge in [0.15, 0.2) is 0 Å². The van der Waals surface area contributed by atoms with E-state index >= 15 is 0 Å². The maximum atomic E-state index is 10.6. The van der Waals surface area contributed by atoms with Gasteiger partial charge >= 0.3 is 24.3 Å². The first-order chi connectivity index (χ1) is 15.7. The number of likely N-dealkylation sites (tertiary alicyclic amines) is 1. The molecule has 2 N–H and O–H groups in total. The number of rotatable bonds is 5. The van der Waals surface area contributed by atoms with E-state index in [-0.39, 0.29) is 0 Å². The van der Waals surface area contributed by atoms with Gasteiger partial charge in [-0.3, -0.25) is 9.88 Å². The van der Waals surface area contributed by atoms with E-state index < -0.39 is 24.3 Å². The topological polar surface area (TPSA) is 100.0 Å². The minimum absolute atomic E-state index is 0.501. The van der Waals surface area contributed by atoms with Crippen LogP contribution in [0.1, 0.15) is 24.8 Å². The molecule has 1 saturated carbocycles. The number of alkyl halides is 6. The van der Waals surface area contributed by atoms with Crippen LogP contribution >= 0.6 is 11.8 Å². The van der Waals surface area contributed by atoms with Crippen LogP contribution in [-0.2, 0) is 20.9 Å². The summed E-state index contributed by atoms with van der Waals surface area (Å²) in [4.78, 5) is 24.4. The highest BCUT2D eigenvalue weighted by atomic mass is 32.2. The predicted octanol–water partition coefficient (Wildman–Crippen LogP) is 3.83. The van der Waals surface area contributed by atoms with Crippen LogP contribution in [0.4, 0.5) is 26.3 Å². The van der Waals surface area contributed by atoms with Crippen molar-refractivity contribution in [1.29, 1.82) is 0 Å². The summed E-state index contributed by atoms with van der Waals surface area (Å²) in [5, 5.41) is 14.2. The standard InChI is InChI=1S/C16H22N2OS.2C2HF3O2/c1-2-14(1)9-19-15-7-16(20-10-15)11-18(12-16)8-13-3-5-17-6-4-13;2*3-2(4,5)1(6)7/h3-6,14-15H,1-2,7-12H2;2*(H,6,7). The second-order valence-corrected chi connectivity index (χ2v) is 9.69. The van der Waals surface area contributed by atoms with Gasteiger partial charge in [-0.05, 0) is 42.9 Å². The molecule has 34 heavy (non-hydrogen) atoms. The van der Waals surface area contributed by atoms with Crippen LogP contribution in [0.2, 0.25) is 0 Å². The zero-order valence-electron chi connectivity index (χ0n) is 17.8. The van der Waals surface area contributed by atoms with Crippen molar-refractivity contribution < 1.29 is 50.9 Å². The molecule has 0 bridgehead atoms. The zero-order valence-corrected chi connectivity index (χ0v) is 18.6. The summed E-state index contributed by atoms with van der Waals surface area (Å²) in [5.74, 6) is -3.42. The highest BCUT2D eigenvalue weighted by Gasteiger charge is 2.49. The number of carboxylic acids is 2. The molecule has 2 aliphatic heterocycles. The van der Waals surface area contributed by atoms with Crippen LogP contribution < -0.4 is 0 Å². The Bertz CT molecular complexity index is 790. The van der Waals surface area contributed by atoms with E-state index in [1.54, 1.807) is 0 Å². The van der Waals surface area contributed by atoms with Crippen LogP contribution in [0.15, 0.2) is 24.5 Å². The molecule has 1 aliphatic carbocycles.